The molecule has 0 aromatic carbocycles. The summed E-state index contributed by atoms with van der Waals surface area (Å²) < 4.78 is 27.1. The van der Waals surface area contributed by atoms with Crippen LogP contribution in [0.2, 0.25) is 0 Å². The highest BCUT2D eigenvalue weighted by molar-refractivity contribution is 7.89. The summed E-state index contributed by atoms with van der Waals surface area (Å²) in [5.74, 6) is 1.75. The lowest BCUT2D eigenvalue weighted by molar-refractivity contribution is -0.717. The molecular weight excluding hydrogens is 436 g/mol. The van der Waals surface area contributed by atoms with E-state index in [1.807, 2.05) is 6.92 Å². The number of sulfonamides is 1. The third-order valence-electron chi connectivity index (χ3n) is 8.05. The number of carbonyl (C=O) groups excluding carboxylic acids is 1. The summed E-state index contributed by atoms with van der Waals surface area (Å²) in [6.45, 7) is 13.8. The van der Waals surface area contributed by atoms with Crippen LogP contribution in [0.4, 0.5) is 0 Å². The van der Waals surface area contributed by atoms with Crippen LogP contribution in [0.25, 0.3) is 0 Å². The number of rotatable bonds is 9. The Morgan fingerprint density at radius 3 is 2.55 bits per heavy atom. The van der Waals surface area contributed by atoms with Crippen molar-refractivity contribution in [2.45, 2.75) is 72.4 Å². The van der Waals surface area contributed by atoms with Gasteiger partial charge < -0.3 is 10.2 Å². The Bertz CT molecular complexity index is 769. The number of carbonyl (C=O) groups is 1. The number of nitrogens with two attached hydrogens (primary N) is 1. The fraction of sp³-hybridized carbons (Fsp3) is 0.880. The zero-order valence-corrected chi connectivity index (χ0v) is 22.1. The summed E-state index contributed by atoms with van der Waals surface area (Å²) in [6.07, 6.45) is 8.94. The largest absolute Gasteiger partial charge is 0.340 e. The molecule has 0 bridgehead atoms. The van der Waals surface area contributed by atoms with Gasteiger partial charge >= 0.3 is 0 Å². The van der Waals surface area contributed by atoms with Gasteiger partial charge in [-0.3, -0.25) is 9.69 Å². The Balaban J connectivity index is 1.54. The first-order valence-electron chi connectivity index (χ1n) is 13.2. The van der Waals surface area contributed by atoms with Gasteiger partial charge in [0.1, 0.15) is 6.17 Å². The van der Waals surface area contributed by atoms with Crippen LogP contribution in [-0.4, -0.2) is 75.3 Å². The van der Waals surface area contributed by atoms with E-state index in [4.69, 9.17) is 0 Å². The van der Waals surface area contributed by atoms with Gasteiger partial charge in [-0.2, -0.15) is 0 Å². The topological polar surface area (TPSA) is 86.3 Å². The van der Waals surface area contributed by atoms with Crippen molar-refractivity contribution < 1.29 is 18.5 Å². The molecule has 2 heterocycles. The Labute approximate surface area is 201 Å². The molecule has 1 amide bonds. The molecule has 3 rings (SSSR count). The molecule has 0 saturated carbocycles. The summed E-state index contributed by atoms with van der Waals surface area (Å²) in [7, 11) is -3.20. The Hall–Kier alpha value is -0.960. The minimum atomic E-state index is -3.20. The summed E-state index contributed by atoms with van der Waals surface area (Å²) in [5, 5.41) is 2.47. The number of hydrogen-bond acceptors (Lipinski definition) is 4. The lowest BCUT2D eigenvalue weighted by atomic mass is 9.70. The number of amides is 1. The number of hydrogen-bond donors (Lipinski definition) is 2. The third-order valence-corrected chi connectivity index (χ3v) is 9.60. The first-order chi connectivity index (χ1) is 15.7. The van der Waals surface area contributed by atoms with Crippen molar-refractivity contribution in [3.63, 3.8) is 0 Å². The normalized spacial score (nSPS) is 29.8. The molecular formula is C25H47N4O3S+. The number of piperidine rings is 1. The van der Waals surface area contributed by atoms with Gasteiger partial charge in [-0.15, -0.1) is 0 Å². The molecule has 0 radical (unpaired) electrons. The van der Waals surface area contributed by atoms with E-state index in [0.717, 1.165) is 32.6 Å². The average Bonchev–Trinajstić information content (AvgIpc) is 2.79. The van der Waals surface area contributed by atoms with E-state index >= 15 is 0 Å². The van der Waals surface area contributed by atoms with Gasteiger partial charge in [-0.1, -0.05) is 32.4 Å². The number of nitrogens with zero attached hydrogens (tertiary/aromatic N) is 2. The average molecular weight is 484 g/mol. The molecule has 190 valence electrons. The molecule has 1 unspecified atom stereocenters. The zero-order chi connectivity index (χ0) is 24.0. The maximum Gasteiger partial charge on any atom is 0.223 e. The lowest BCUT2D eigenvalue weighted by Crippen LogP contribution is -2.95. The van der Waals surface area contributed by atoms with Crippen molar-refractivity contribution in [1.29, 1.82) is 0 Å². The van der Waals surface area contributed by atoms with Crippen LogP contribution in [0.3, 0.4) is 0 Å². The Morgan fingerprint density at radius 2 is 1.94 bits per heavy atom. The molecule has 2 saturated heterocycles. The van der Waals surface area contributed by atoms with Crippen LogP contribution in [0.15, 0.2) is 11.6 Å². The van der Waals surface area contributed by atoms with Crippen molar-refractivity contribution in [2.75, 3.05) is 45.0 Å². The summed E-state index contributed by atoms with van der Waals surface area (Å²) >= 11 is 0. The molecule has 2 aliphatic heterocycles. The standard InChI is InChI=1S/C25H46N4O3S/c1-5-14-33(31,32)27-18-22-15-20(4)21(16-23(22)19(2)3)17-25(30)29-12-10-28(11-13-29)24-8-6-7-9-26-24/h15,19,21-24,26-27H,5-14,16-18H2,1-4H3/p+1/t21-,22+,23-,24?/m0/s1. The third kappa shape index (κ3) is 7.51. The van der Waals surface area contributed by atoms with Gasteiger partial charge in [-0.25, -0.2) is 13.1 Å². The van der Waals surface area contributed by atoms with Gasteiger partial charge in [0.05, 0.1) is 12.3 Å². The molecule has 1 aliphatic carbocycles. The second-order valence-corrected chi connectivity index (χ2v) is 12.7. The van der Waals surface area contributed by atoms with E-state index in [1.54, 1.807) is 0 Å². The fourth-order valence-corrected chi connectivity index (χ4v) is 7.10. The number of allylic oxidation sites excluding steroid dienone is 1. The van der Waals surface area contributed by atoms with Gasteiger partial charge in [-0.05, 0) is 56.3 Å². The fourth-order valence-electron chi connectivity index (χ4n) is 5.97. The number of quaternary nitrogens is 1. The quantitative estimate of drug-likeness (QED) is 0.490. The van der Waals surface area contributed by atoms with Gasteiger partial charge in [0.15, 0.2) is 0 Å². The Kier molecular flexibility index (Phi) is 9.80. The maximum absolute atomic E-state index is 13.2. The summed E-state index contributed by atoms with van der Waals surface area (Å²) in [5.41, 5.74) is 1.25. The number of nitrogens with one attached hydrogen (secondary N) is 1. The monoisotopic (exact) mass is 483 g/mol. The van der Waals surface area contributed by atoms with Crippen LogP contribution in [-0.2, 0) is 14.8 Å². The first-order valence-corrected chi connectivity index (χ1v) is 14.9. The van der Waals surface area contributed by atoms with Crippen molar-refractivity contribution in [1.82, 2.24) is 14.5 Å². The van der Waals surface area contributed by atoms with Crippen molar-refractivity contribution in [3.8, 4) is 0 Å². The molecule has 2 fully saturated rings. The smallest absolute Gasteiger partial charge is 0.223 e. The van der Waals surface area contributed by atoms with Crippen LogP contribution < -0.4 is 10.0 Å². The molecule has 33 heavy (non-hydrogen) atoms. The highest BCUT2D eigenvalue weighted by atomic mass is 32.2. The van der Waals surface area contributed by atoms with Crippen molar-refractivity contribution in [3.05, 3.63) is 11.6 Å². The second-order valence-electron chi connectivity index (χ2n) is 10.8. The van der Waals surface area contributed by atoms with E-state index in [9.17, 15) is 13.2 Å². The van der Waals surface area contributed by atoms with E-state index in [2.05, 4.69) is 46.7 Å². The van der Waals surface area contributed by atoms with Crippen LogP contribution in [0, 0.1) is 23.7 Å². The van der Waals surface area contributed by atoms with Gasteiger partial charge in [0.2, 0.25) is 15.9 Å². The van der Waals surface area contributed by atoms with Crippen LogP contribution in [0.1, 0.15) is 66.2 Å². The molecule has 4 atom stereocenters. The zero-order valence-electron chi connectivity index (χ0n) is 21.3. The summed E-state index contributed by atoms with van der Waals surface area (Å²) in [4.78, 5) is 17.8. The molecule has 8 heteroatoms. The highest BCUT2D eigenvalue weighted by Gasteiger charge is 2.35. The van der Waals surface area contributed by atoms with Crippen molar-refractivity contribution in [2.24, 2.45) is 23.7 Å². The predicted molar refractivity (Wildman–Crippen MR) is 133 cm³/mol. The highest BCUT2D eigenvalue weighted by Crippen LogP contribution is 2.39. The molecule has 0 aromatic heterocycles. The lowest BCUT2D eigenvalue weighted by Gasteiger charge is -2.40. The SMILES string of the molecule is CCCS(=O)(=O)NC[C@H]1C=C(C)[C@H](CC(=O)N2CCN(C3CCCC[NH2+]3)CC2)C[C@H]1C(C)C. The van der Waals surface area contributed by atoms with Gasteiger partial charge in [0, 0.05) is 45.6 Å². The van der Waals surface area contributed by atoms with Crippen LogP contribution in [0.5, 0.6) is 0 Å². The summed E-state index contributed by atoms with van der Waals surface area (Å²) in [6, 6.07) is 0. The molecule has 3 N–H and O–H groups in total. The Morgan fingerprint density at radius 1 is 1.21 bits per heavy atom. The van der Waals surface area contributed by atoms with E-state index in [-0.39, 0.29) is 23.5 Å². The molecule has 7 nitrogen and oxygen atoms in total. The second kappa shape index (κ2) is 12.1. The van der Waals surface area contributed by atoms with Crippen molar-refractivity contribution >= 4 is 15.9 Å². The molecule has 0 aromatic rings. The minimum Gasteiger partial charge on any atom is -0.340 e. The van der Waals surface area contributed by atoms with E-state index in [0.29, 0.717) is 37.4 Å². The van der Waals surface area contributed by atoms with E-state index in [1.165, 1.54) is 31.4 Å². The van der Waals surface area contributed by atoms with Gasteiger partial charge in [0.25, 0.3) is 0 Å². The maximum atomic E-state index is 13.2. The van der Waals surface area contributed by atoms with Crippen LogP contribution >= 0.6 is 0 Å². The minimum absolute atomic E-state index is 0.179. The first kappa shape index (κ1) is 26.6. The molecule has 0 spiro atoms. The molecule has 3 aliphatic rings. The number of piperazine rings is 1. The van der Waals surface area contributed by atoms with E-state index < -0.39 is 10.0 Å². The predicted octanol–water partition coefficient (Wildman–Crippen LogP) is 1.78.